The molecule has 1 N–H and O–H groups in total. The van der Waals surface area contributed by atoms with Gasteiger partial charge in [0.25, 0.3) is 0 Å². The first kappa shape index (κ1) is 17.8. The molecule has 0 saturated heterocycles. The van der Waals surface area contributed by atoms with Crippen molar-refractivity contribution in [1.82, 2.24) is 10.3 Å². The number of para-hydroxylation sites is 2. The molecule has 5 heteroatoms. The highest BCUT2D eigenvalue weighted by Crippen LogP contribution is 2.26. The number of nitrogens with zero attached hydrogens (tertiary/aromatic N) is 1. The van der Waals surface area contributed by atoms with E-state index in [0.29, 0.717) is 31.8 Å². The Kier molecular flexibility index (Phi) is 7.08. The lowest BCUT2D eigenvalue weighted by atomic mass is 10.1. The first-order valence-corrected chi connectivity index (χ1v) is 8.24. The van der Waals surface area contributed by atoms with Crippen molar-refractivity contribution in [3.63, 3.8) is 0 Å². The summed E-state index contributed by atoms with van der Waals surface area (Å²) in [6.45, 7) is 4.95. The molecule has 0 saturated carbocycles. The van der Waals surface area contributed by atoms with Gasteiger partial charge in [0.05, 0.1) is 19.3 Å². The van der Waals surface area contributed by atoms with Crippen LogP contribution in [0.5, 0.6) is 11.5 Å². The molecular formula is C19H24N2O3. The highest BCUT2D eigenvalue weighted by atomic mass is 16.5. The maximum Gasteiger partial charge on any atom is 0.220 e. The quantitative estimate of drug-likeness (QED) is 0.716. The molecule has 24 heavy (non-hydrogen) atoms. The van der Waals surface area contributed by atoms with Crippen molar-refractivity contribution in [3.8, 4) is 11.5 Å². The summed E-state index contributed by atoms with van der Waals surface area (Å²) >= 11 is 0. The summed E-state index contributed by atoms with van der Waals surface area (Å²) in [4.78, 5) is 16.1. The number of pyridine rings is 1. The van der Waals surface area contributed by atoms with Gasteiger partial charge in [-0.15, -0.1) is 0 Å². The second-order valence-electron chi connectivity index (χ2n) is 5.41. The van der Waals surface area contributed by atoms with E-state index in [2.05, 4.69) is 10.3 Å². The monoisotopic (exact) mass is 328 g/mol. The SMILES string of the molecule is CCOc1ccccc1OCCCC(=O)NC(C)c1cccnc1. The number of hydrogen-bond donors (Lipinski definition) is 1. The third kappa shape index (κ3) is 5.57. The fourth-order valence-electron chi connectivity index (χ4n) is 2.29. The summed E-state index contributed by atoms with van der Waals surface area (Å²) in [6.07, 6.45) is 4.54. The predicted octanol–water partition coefficient (Wildman–Crippen LogP) is 3.52. The molecule has 0 aliphatic carbocycles. The van der Waals surface area contributed by atoms with Crippen LogP contribution < -0.4 is 14.8 Å². The standard InChI is InChI=1S/C19H24N2O3/c1-3-23-17-9-4-5-10-18(17)24-13-7-11-19(22)21-15(2)16-8-6-12-20-14-16/h4-6,8-10,12,14-15H,3,7,11,13H2,1-2H3,(H,21,22). The Morgan fingerprint density at radius 2 is 1.92 bits per heavy atom. The van der Waals surface area contributed by atoms with E-state index in [0.717, 1.165) is 11.3 Å². The summed E-state index contributed by atoms with van der Waals surface area (Å²) < 4.78 is 11.2. The smallest absolute Gasteiger partial charge is 0.220 e. The fourth-order valence-corrected chi connectivity index (χ4v) is 2.29. The lowest BCUT2D eigenvalue weighted by Crippen LogP contribution is -2.26. The molecule has 1 unspecified atom stereocenters. The first-order chi connectivity index (χ1) is 11.7. The van der Waals surface area contributed by atoms with E-state index in [9.17, 15) is 4.79 Å². The largest absolute Gasteiger partial charge is 0.490 e. The second kappa shape index (κ2) is 9.55. The minimum Gasteiger partial charge on any atom is -0.490 e. The second-order valence-corrected chi connectivity index (χ2v) is 5.41. The summed E-state index contributed by atoms with van der Waals surface area (Å²) in [7, 11) is 0. The number of rotatable bonds is 9. The fraction of sp³-hybridized carbons (Fsp3) is 0.368. The Labute approximate surface area is 143 Å². The number of benzene rings is 1. The zero-order valence-electron chi connectivity index (χ0n) is 14.2. The van der Waals surface area contributed by atoms with E-state index in [4.69, 9.17) is 9.47 Å². The van der Waals surface area contributed by atoms with E-state index >= 15 is 0 Å². The van der Waals surface area contributed by atoms with Gasteiger partial charge in [-0.25, -0.2) is 0 Å². The molecule has 5 nitrogen and oxygen atoms in total. The average molecular weight is 328 g/mol. The Hall–Kier alpha value is -2.56. The van der Waals surface area contributed by atoms with Crippen LogP contribution in [0.1, 0.15) is 38.3 Å². The zero-order valence-corrected chi connectivity index (χ0v) is 14.2. The molecule has 1 aromatic carbocycles. The van der Waals surface area contributed by atoms with Gasteiger partial charge >= 0.3 is 0 Å². The highest BCUT2D eigenvalue weighted by Gasteiger charge is 2.09. The molecule has 0 bridgehead atoms. The average Bonchev–Trinajstić information content (AvgIpc) is 2.61. The molecule has 2 rings (SSSR count). The van der Waals surface area contributed by atoms with Crippen molar-refractivity contribution in [2.45, 2.75) is 32.7 Å². The third-order valence-corrected chi connectivity index (χ3v) is 3.52. The van der Waals surface area contributed by atoms with E-state index in [1.807, 2.05) is 50.2 Å². The molecular weight excluding hydrogens is 304 g/mol. The van der Waals surface area contributed by atoms with E-state index in [1.54, 1.807) is 12.4 Å². The molecule has 0 fully saturated rings. The van der Waals surface area contributed by atoms with Gasteiger partial charge in [0.15, 0.2) is 11.5 Å². The Balaban J connectivity index is 1.71. The van der Waals surface area contributed by atoms with E-state index in [-0.39, 0.29) is 11.9 Å². The van der Waals surface area contributed by atoms with Crippen LogP contribution in [0.15, 0.2) is 48.8 Å². The van der Waals surface area contributed by atoms with Crippen molar-refractivity contribution in [3.05, 3.63) is 54.4 Å². The first-order valence-electron chi connectivity index (χ1n) is 8.24. The van der Waals surface area contributed by atoms with Gasteiger partial charge in [0.2, 0.25) is 5.91 Å². The number of carbonyl (C=O) groups excluding carboxylic acids is 1. The van der Waals surface area contributed by atoms with E-state index in [1.165, 1.54) is 0 Å². The number of nitrogens with one attached hydrogen (secondary N) is 1. The van der Waals surface area contributed by atoms with Crippen LogP contribution >= 0.6 is 0 Å². The summed E-state index contributed by atoms with van der Waals surface area (Å²) in [5.74, 6) is 1.45. The van der Waals surface area contributed by atoms with Crippen LogP contribution in [-0.2, 0) is 4.79 Å². The Morgan fingerprint density at radius 1 is 1.17 bits per heavy atom. The Morgan fingerprint density at radius 3 is 2.58 bits per heavy atom. The van der Waals surface area contributed by atoms with Gasteiger partial charge in [-0.1, -0.05) is 18.2 Å². The summed E-state index contributed by atoms with van der Waals surface area (Å²) in [6, 6.07) is 11.3. The molecule has 1 aromatic heterocycles. The molecule has 0 radical (unpaired) electrons. The lowest BCUT2D eigenvalue weighted by Gasteiger charge is -2.14. The van der Waals surface area contributed by atoms with E-state index < -0.39 is 0 Å². The number of aromatic nitrogens is 1. The highest BCUT2D eigenvalue weighted by molar-refractivity contribution is 5.76. The molecule has 1 heterocycles. The van der Waals surface area contributed by atoms with Crippen molar-refractivity contribution >= 4 is 5.91 Å². The molecule has 2 aromatic rings. The van der Waals surface area contributed by atoms with Crippen LogP contribution in [0.25, 0.3) is 0 Å². The van der Waals surface area contributed by atoms with Crippen molar-refractivity contribution in [2.24, 2.45) is 0 Å². The van der Waals surface area contributed by atoms with Crippen molar-refractivity contribution in [2.75, 3.05) is 13.2 Å². The van der Waals surface area contributed by atoms with Crippen LogP contribution in [0.2, 0.25) is 0 Å². The van der Waals surface area contributed by atoms with Gasteiger partial charge in [-0.05, 0) is 44.0 Å². The Bertz CT molecular complexity index is 632. The molecule has 0 aliphatic rings. The molecule has 1 amide bonds. The van der Waals surface area contributed by atoms with Gasteiger partial charge in [0.1, 0.15) is 0 Å². The predicted molar refractivity (Wildman–Crippen MR) is 93.1 cm³/mol. The normalized spacial score (nSPS) is 11.6. The zero-order chi connectivity index (χ0) is 17.2. The summed E-state index contributed by atoms with van der Waals surface area (Å²) in [5, 5.41) is 2.97. The maximum atomic E-state index is 12.0. The maximum absolute atomic E-state index is 12.0. The number of amides is 1. The van der Waals surface area contributed by atoms with Gasteiger partial charge in [-0.3, -0.25) is 9.78 Å². The van der Waals surface area contributed by atoms with Crippen molar-refractivity contribution in [1.29, 1.82) is 0 Å². The van der Waals surface area contributed by atoms with Gasteiger partial charge in [0, 0.05) is 18.8 Å². The molecule has 0 spiro atoms. The molecule has 0 aliphatic heterocycles. The number of carbonyl (C=O) groups is 1. The summed E-state index contributed by atoms with van der Waals surface area (Å²) in [5.41, 5.74) is 0.993. The molecule has 128 valence electrons. The van der Waals surface area contributed by atoms with Crippen LogP contribution in [-0.4, -0.2) is 24.1 Å². The minimum atomic E-state index is -0.0502. The van der Waals surface area contributed by atoms with Crippen LogP contribution in [0.4, 0.5) is 0 Å². The minimum absolute atomic E-state index is 0.00745. The number of ether oxygens (including phenoxy) is 2. The number of hydrogen-bond acceptors (Lipinski definition) is 4. The molecule has 1 atom stereocenters. The van der Waals surface area contributed by atoms with Crippen LogP contribution in [0, 0.1) is 0 Å². The van der Waals surface area contributed by atoms with Crippen molar-refractivity contribution < 1.29 is 14.3 Å². The lowest BCUT2D eigenvalue weighted by molar-refractivity contribution is -0.121. The van der Waals surface area contributed by atoms with Crippen LogP contribution in [0.3, 0.4) is 0 Å². The van der Waals surface area contributed by atoms with Gasteiger partial charge in [-0.2, -0.15) is 0 Å². The topological polar surface area (TPSA) is 60.5 Å². The van der Waals surface area contributed by atoms with Gasteiger partial charge < -0.3 is 14.8 Å². The third-order valence-electron chi connectivity index (χ3n) is 3.52.